The van der Waals surface area contributed by atoms with Crippen molar-refractivity contribution in [3.63, 3.8) is 0 Å². The van der Waals surface area contributed by atoms with Gasteiger partial charge in [-0.25, -0.2) is 4.79 Å². The zero-order chi connectivity index (χ0) is 9.56. The molecule has 70 valence electrons. The second kappa shape index (κ2) is 5.77. The topological polar surface area (TPSA) is 42.9 Å². The van der Waals surface area contributed by atoms with E-state index in [-0.39, 0.29) is 5.97 Å². The molecule has 0 saturated carbocycles. The van der Waals surface area contributed by atoms with Crippen LogP contribution < -0.4 is 5.32 Å². The highest BCUT2D eigenvalue weighted by atomic mass is 16.5. The summed E-state index contributed by atoms with van der Waals surface area (Å²) in [4.78, 5) is 10.9. The normalized spacial score (nSPS) is 10.0. The maximum absolute atomic E-state index is 10.9. The van der Waals surface area contributed by atoms with E-state index in [0.717, 1.165) is 6.54 Å². The second-order valence-corrected chi connectivity index (χ2v) is 3.18. The molecule has 3 nitrogen and oxygen atoms in total. The lowest BCUT2D eigenvalue weighted by atomic mass is 10.4. The Hall–Kier alpha value is -0.830. The zero-order valence-corrected chi connectivity index (χ0v) is 8.09. The molecule has 0 aromatic rings. The average Bonchev–Trinajstić information content (AvgIpc) is 1.97. The van der Waals surface area contributed by atoms with E-state index in [4.69, 9.17) is 4.74 Å². The number of carbonyl (C=O) groups excluding carboxylic acids is 1. The van der Waals surface area contributed by atoms with Crippen LogP contribution in [0.3, 0.4) is 0 Å². The van der Waals surface area contributed by atoms with Crippen LogP contribution in [-0.2, 0) is 9.53 Å². The van der Waals surface area contributed by atoms with Crippen LogP contribution in [0.4, 0.5) is 0 Å². The molecule has 0 atom stereocenters. The van der Waals surface area contributed by atoms with Crippen LogP contribution in [0.25, 0.3) is 0 Å². The summed E-state index contributed by atoms with van der Waals surface area (Å²) in [6.45, 7) is 10.6. The summed E-state index contributed by atoms with van der Waals surface area (Å²) in [6.07, 6.45) is 0. The Balaban J connectivity index is 3.32. The fourth-order valence-electron chi connectivity index (χ4n) is 0.676. The first-order valence-corrected chi connectivity index (χ1v) is 4.20. The quantitative estimate of drug-likeness (QED) is 0.362. The first kappa shape index (κ1) is 11.2. The van der Waals surface area contributed by atoms with Crippen LogP contribution in [-0.4, -0.2) is 25.2 Å². The Morgan fingerprint density at radius 1 is 1.58 bits per heavy atom. The van der Waals surface area contributed by atoms with Gasteiger partial charge in [-0.2, -0.15) is 0 Å². The van der Waals surface area contributed by atoms with Crippen LogP contribution in [0.5, 0.6) is 0 Å². The molecule has 3 heteroatoms. The highest BCUT2D eigenvalue weighted by molar-refractivity contribution is 5.86. The third-order valence-corrected chi connectivity index (χ3v) is 1.34. The minimum absolute atomic E-state index is 0.299. The van der Waals surface area contributed by atoms with Gasteiger partial charge in [-0.3, -0.25) is 0 Å². The Bertz CT molecular complexity index is 164. The SMILES string of the molecule is C=C(C)C(=O)OCC[NH2+]C(C)C. The first-order chi connectivity index (χ1) is 5.54. The molecule has 12 heavy (non-hydrogen) atoms. The smallest absolute Gasteiger partial charge is 0.333 e. The molecule has 0 bridgehead atoms. The van der Waals surface area contributed by atoms with Gasteiger partial charge in [-0.15, -0.1) is 0 Å². The summed E-state index contributed by atoms with van der Waals surface area (Å²) < 4.78 is 4.88. The van der Waals surface area contributed by atoms with Crippen LogP contribution in [0, 0.1) is 0 Å². The van der Waals surface area contributed by atoms with Crippen LogP contribution in [0.1, 0.15) is 20.8 Å². The van der Waals surface area contributed by atoms with Gasteiger partial charge in [-0.1, -0.05) is 6.58 Å². The summed E-state index contributed by atoms with van der Waals surface area (Å²) in [6, 6.07) is 0.550. The van der Waals surface area contributed by atoms with Crippen molar-refractivity contribution in [3.8, 4) is 0 Å². The lowest BCUT2D eigenvalue weighted by molar-refractivity contribution is -0.683. The van der Waals surface area contributed by atoms with Crippen molar-refractivity contribution < 1.29 is 14.8 Å². The number of esters is 1. The summed E-state index contributed by atoms with van der Waals surface area (Å²) in [5.74, 6) is -0.299. The second-order valence-electron chi connectivity index (χ2n) is 3.18. The molecule has 0 aromatic heterocycles. The number of nitrogens with two attached hydrogens (primary N) is 1. The number of rotatable bonds is 5. The lowest BCUT2D eigenvalue weighted by Gasteiger charge is -2.05. The fraction of sp³-hybridized carbons (Fsp3) is 0.667. The minimum atomic E-state index is -0.299. The third kappa shape index (κ3) is 5.92. The molecule has 0 rings (SSSR count). The monoisotopic (exact) mass is 172 g/mol. The van der Waals surface area contributed by atoms with E-state index < -0.39 is 0 Å². The standard InChI is InChI=1S/C9H17NO2/c1-7(2)9(11)12-6-5-10-8(3)4/h8,10H,1,5-6H2,2-4H3/p+1. The minimum Gasteiger partial charge on any atom is -0.456 e. The molecule has 0 spiro atoms. The Kier molecular flexibility index (Phi) is 5.37. The predicted octanol–water partition coefficient (Wildman–Crippen LogP) is 0.0775. The summed E-state index contributed by atoms with van der Waals surface area (Å²) >= 11 is 0. The fourth-order valence-corrected chi connectivity index (χ4v) is 0.676. The number of carbonyl (C=O) groups is 1. The van der Waals surface area contributed by atoms with Gasteiger partial charge < -0.3 is 10.1 Å². The predicted molar refractivity (Wildman–Crippen MR) is 47.7 cm³/mol. The molecule has 0 fully saturated rings. The highest BCUT2D eigenvalue weighted by Gasteiger charge is 2.03. The molecule has 0 aromatic carbocycles. The van der Waals surface area contributed by atoms with Gasteiger partial charge >= 0.3 is 5.97 Å². The number of hydrogen-bond acceptors (Lipinski definition) is 2. The van der Waals surface area contributed by atoms with Gasteiger partial charge in [0.25, 0.3) is 0 Å². The van der Waals surface area contributed by atoms with Crippen molar-refractivity contribution in [2.24, 2.45) is 0 Å². The lowest BCUT2D eigenvalue weighted by Crippen LogP contribution is -2.89. The van der Waals surface area contributed by atoms with Gasteiger partial charge in [0.1, 0.15) is 13.2 Å². The van der Waals surface area contributed by atoms with Gasteiger partial charge in [0.05, 0.1) is 6.04 Å². The molecular weight excluding hydrogens is 154 g/mol. The Morgan fingerprint density at radius 2 is 2.17 bits per heavy atom. The van der Waals surface area contributed by atoms with E-state index in [1.807, 2.05) is 0 Å². The number of quaternary nitrogens is 1. The van der Waals surface area contributed by atoms with E-state index >= 15 is 0 Å². The van der Waals surface area contributed by atoms with E-state index in [2.05, 4.69) is 25.7 Å². The Labute approximate surface area is 73.8 Å². The number of hydrogen-bond donors (Lipinski definition) is 1. The first-order valence-electron chi connectivity index (χ1n) is 4.20. The zero-order valence-electron chi connectivity index (χ0n) is 8.09. The Morgan fingerprint density at radius 3 is 2.58 bits per heavy atom. The molecule has 0 aliphatic heterocycles. The molecular formula is C9H18NO2+. The maximum atomic E-state index is 10.9. The van der Waals surface area contributed by atoms with Crippen molar-refractivity contribution in [2.75, 3.05) is 13.2 Å². The molecule has 0 radical (unpaired) electrons. The van der Waals surface area contributed by atoms with Gasteiger partial charge in [-0.05, 0) is 20.8 Å². The van der Waals surface area contributed by atoms with Crippen molar-refractivity contribution in [1.82, 2.24) is 0 Å². The molecule has 0 saturated heterocycles. The molecule has 0 aliphatic rings. The van der Waals surface area contributed by atoms with Crippen molar-refractivity contribution >= 4 is 5.97 Å². The van der Waals surface area contributed by atoms with Crippen LogP contribution in [0.2, 0.25) is 0 Å². The van der Waals surface area contributed by atoms with Crippen LogP contribution >= 0.6 is 0 Å². The van der Waals surface area contributed by atoms with Crippen molar-refractivity contribution in [2.45, 2.75) is 26.8 Å². The molecule has 0 aliphatic carbocycles. The average molecular weight is 172 g/mol. The summed E-state index contributed by atoms with van der Waals surface area (Å²) in [5, 5.41) is 2.12. The third-order valence-electron chi connectivity index (χ3n) is 1.34. The van der Waals surface area contributed by atoms with Gasteiger partial charge in [0.2, 0.25) is 0 Å². The summed E-state index contributed by atoms with van der Waals surface area (Å²) in [5.41, 5.74) is 0.458. The van der Waals surface area contributed by atoms with Crippen molar-refractivity contribution in [1.29, 1.82) is 0 Å². The molecule has 0 amide bonds. The van der Waals surface area contributed by atoms with Gasteiger partial charge in [0, 0.05) is 5.57 Å². The molecule has 0 heterocycles. The largest absolute Gasteiger partial charge is 0.456 e. The van der Waals surface area contributed by atoms with E-state index in [0.29, 0.717) is 18.2 Å². The molecule has 2 N–H and O–H groups in total. The maximum Gasteiger partial charge on any atom is 0.333 e. The van der Waals surface area contributed by atoms with Crippen molar-refractivity contribution in [3.05, 3.63) is 12.2 Å². The number of ether oxygens (including phenoxy) is 1. The highest BCUT2D eigenvalue weighted by Crippen LogP contribution is 1.89. The van der Waals surface area contributed by atoms with E-state index in [1.54, 1.807) is 6.92 Å². The van der Waals surface area contributed by atoms with E-state index in [9.17, 15) is 4.79 Å². The molecule has 0 unspecified atom stereocenters. The summed E-state index contributed by atoms with van der Waals surface area (Å²) in [7, 11) is 0. The van der Waals surface area contributed by atoms with E-state index in [1.165, 1.54) is 0 Å². The van der Waals surface area contributed by atoms with Gasteiger partial charge in [0.15, 0.2) is 0 Å². The van der Waals surface area contributed by atoms with Crippen LogP contribution in [0.15, 0.2) is 12.2 Å².